The molecule has 1 amide bonds. The molecule has 0 aromatic heterocycles. The van der Waals surface area contributed by atoms with Crippen LogP contribution in [0.15, 0.2) is 0 Å². The van der Waals surface area contributed by atoms with Crippen LogP contribution in [-0.4, -0.2) is 24.9 Å². The number of carbonyl (C=O) groups is 1. The second-order valence-electron chi connectivity index (χ2n) is 4.68. The van der Waals surface area contributed by atoms with Crippen LogP contribution in [0.25, 0.3) is 0 Å². The fourth-order valence-corrected chi connectivity index (χ4v) is 2.42. The van der Waals surface area contributed by atoms with Crippen molar-refractivity contribution in [3.05, 3.63) is 0 Å². The van der Waals surface area contributed by atoms with Gasteiger partial charge in [-0.2, -0.15) is 0 Å². The van der Waals surface area contributed by atoms with E-state index in [4.69, 9.17) is 0 Å². The van der Waals surface area contributed by atoms with Crippen molar-refractivity contribution in [2.75, 3.05) is 14.1 Å². The van der Waals surface area contributed by atoms with E-state index in [-0.39, 0.29) is 0 Å². The number of hydrogen-bond acceptors (Lipinski definition) is 1. The molecule has 1 saturated carbocycles. The smallest absolute Gasteiger partial charge is 0.225 e. The number of amides is 1. The maximum Gasteiger partial charge on any atom is 0.225 e. The van der Waals surface area contributed by atoms with Gasteiger partial charge in [0, 0.05) is 20.0 Å². The normalized spacial score (nSPS) is 28.1. The maximum atomic E-state index is 11.8. The molecule has 1 rings (SSSR count). The highest BCUT2D eigenvalue weighted by Gasteiger charge is 2.35. The molecule has 1 aliphatic carbocycles. The molecule has 13 heavy (non-hydrogen) atoms. The van der Waals surface area contributed by atoms with Crippen LogP contribution in [0.1, 0.15) is 33.1 Å². The molecule has 0 aromatic rings. The Morgan fingerprint density at radius 2 is 1.92 bits per heavy atom. The van der Waals surface area contributed by atoms with Crippen molar-refractivity contribution in [3.8, 4) is 0 Å². The van der Waals surface area contributed by atoms with Gasteiger partial charge in [0.15, 0.2) is 0 Å². The summed E-state index contributed by atoms with van der Waals surface area (Å²) < 4.78 is 0. The van der Waals surface area contributed by atoms with E-state index in [1.807, 2.05) is 14.1 Å². The van der Waals surface area contributed by atoms with Gasteiger partial charge in [-0.15, -0.1) is 0 Å². The standard InChI is InChI=1S/C11H21NO/c1-8(2)9-6-5-7-10(9)11(13)12(3)4/h8-10H,5-7H2,1-4H3. The van der Waals surface area contributed by atoms with Crippen molar-refractivity contribution in [3.63, 3.8) is 0 Å². The lowest BCUT2D eigenvalue weighted by atomic mass is 9.85. The van der Waals surface area contributed by atoms with Crippen LogP contribution in [-0.2, 0) is 4.79 Å². The first kappa shape index (κ1) is 10.6. The van der Waals surface area contributed by atoms with Crippen LogP contribution in [0.3, 0.4) is 0 Å². The van der Waals surface area contributed by atoms with E-state index in [9.17, 15) is 4.79 Å². The number of rotatable bonds is 2. The zero-order chi connectivity index (χ0) is 10.0. The SMILES string of the molecule is CC(C)C1CCCC1C(=O)N(C)C. The molecule has 2 nitrogen and oxygen atoms in total. The van der Waals surface area contributed by atoms with Crippen LogP contribution >= 0.6 is 0 Å². The Morgan fingerprint density at radius 1 is 1.31 bits per heavy atom. The van der Waals surface area contributed by atoms with E-state index in [2.05, 4.69) is 13.8 Å². The van der Waals surface area contributed by atoms with Gasteiger partial charge in [0.1, 0.15) is 0 Å². The Bertz CT molecular complexity index is 187. The quantitative estimate of drug-likeness (QED) is 0.642. The van der Waals surface area contributed by atoms with Crippen molar-refractivity contribution < 1.29 is 4.79 Å². The molecule has 2 unspecified atom stereocenters. The monoisotopic (exact) mass is 183 g/mol. The first-order valence-corrected chi connectivity index (χ1v) is 5.25. The molecule has 0 heterocycles. The second kappa shape index (κ2) is 4.12. The van der Waals surface area contributed by atoms with Gasteiger partial charge in [0.2, 0.25) is 5.91 Å². The van der Waals surface area contributed by atoms with Crippen LogP contribution in [0, 0.1) is 17.8 Å². The highest BCUT2D eigenvalue weighted by atomic mass is 16.2. The van der Waals surface area contributed by atoms with Crippen molar-refractivity contribution in [2.24, 2.45) is 17.8 Å². The largest absolute Gasteiger partial charge is 0.349 e. The van der Waals surface area contributed by atoms with Crippen molar-refractivity contribution in [1.29, 1.82) is 0 Å². The van der Waals surface area contributed by atoms with E-state index >= 15 is 0 Å². The second-order valence-corrected chi connectivity index (χ2v) is 4.68. The fourth-order valence-electron chi connectivity index (χ4n) is 2.42. The zero-order valence-corrected chi connectivity index (χ0v) is 9.21. The lowest BCUT2D eigenvalue weighted by Gasteiger charge is -2.24. The van der Waals surface area contributed by atoms with Gasteiger partial charge < -0.3 is 4.90 Å². The Hall–Kier alpha value is -0.530. The zero-order valence-electron chi connectivity index (χ0n) is 9.21. The lowest BCUT2D eigenvalue weighted by Crippen LogP contribution is -2.33. The van der Waals surface area contributed by atoms with Crippen LogP contribution < -0.4 is 0 Å². The lowest BCUT2D eigenvalue weighted by molar-refractivity contribution is -0.134. The minimum Gasteiger partial charge on any atom is -0.349 e. The van der Waals surface area contributed by atoms with E-state index in [0.29, 0.717) is 23.7 Å². The molecule has 2 heteroatoms. The summed E-state index contributed by atoms with van der Waals surface area (Å²) in [4.78, 5) is 13.5. The predicted octanol–water partition coefficient (Wildman–Crippen LogP) is 2.15. The summed E-state index contributed by atoms with van der Waals surface area (Å²) in [6.45, 7) is 4.46. The summed E-state index contributed by atoms with van der Waals surface area (Å²) in [7, 11) is 3.72. The van der Waals surface area contributed by atoms with Crippen molar-refractivity contribution >= 4 is 5.91 Å². The molecule has 0 spiro atoms. The summed E-state index contributed by atoms with van der Waals surface area (Å²) in [6.07, 6.45) is 3.56. The summed E-state index contributed by atoms with van der Waals surface area (Å²) in [5.74, 6) is 1.90. The van der Waals surface area contributed by atoms with Gasteiger partial charge >= 0.3 is 0 Å². The van der Waals surface area contributed by atoms with Gasteiger partial charge in [0.05, 0.1) is 0 Å². The predicted molar refractivity (Wildman–Crippen MR) is 54.4 cm³/mol. The molecule has 2 atom stereocenters. The Balaban J connectivity index is 2.63. The third-order valence-corrected chi connectivity index (χ3v) is 3.18. The maximum absolute atomic E-state index is 11.8. The highest BCUT2D eigenvalue weighted by molar-refractivity contribution is 5.78. The van der Waals surface area contributed by atoms with E-state index < -0.39 is 0 Å². The molecule has 0 bridgehead atoms. The highest BCUT2D eigenvalue weighted by Crippen LogP contribution is 2.37. The Morgan fingerprint density at radius 3 is 2.38 bits per heavy atom. The van der Waals surface area contributed by atoms with Crippen molar-refractivity contribution in [2.45, 2.75) is 33.1 Å². The topological polar surface area (TPSA) is 20.3 Å². The van der Waals surface area contributed by atoms with Gasteiger partial charge in [-0.3, -0.25) is 4.79 Å². The molecule has 76 valence electrons. The van der Waals surface area contributed by atoms with Gasteiger partial charge in [-0.1, -0.05) is 20.3 Å². The molecular weight excluding hydrogens is 162 g/mol. The summed E-state index contributed by atoms with van der Waals surface area (Å²) >= 11 is 0. The molecule has 1 fully saturated rings. The number of carbonyl (C=O) groups excluding carboxylic acids is 1. The fraction of sp³-hybridized carbons (Fsp3) is 0.909. The van der Waals surface area contributed by atoms with Crippen molar-refractivity contribution in [1.82, 2.24) is 4.90 Å². The molecule has 0 N–H and O–H groups in total. The third-order valence-electron chi connectivity index (χ3n) is 3.18. The summed E-state index contributed by atoms with van der Waals surface area (Å²) in [5, 5.41) is 0. The molecule has 1 aliphatic rings. The van der Waals surface area contributed by atoms with E-state index in [1.54, 1.807) is 4.90 Å². The summed E-state index contributed by atoms with van der Waals surface area (Å²) in [6, 6.07) is 0. The molecule has 0 aliphatic heterocycles. The average molecular weight is 183 g/mol. The third kappa shape index (κ3) is 2.23. The Kier molecular flexibility index (Phi) is 3.34. The average Bonchev–Trinajstić information content (AvgIpc) is 2.50. The van der Waals surface area contributed by atoms with Gasteiger partial charge in [-0.25, -0.2) is 0 Å². The number of hydrogen-bond donors (Lipinski definition) is 0. The summed E-state index contributed by atoms with van der Waals surface area (Å²) in [5.41, 5.74) is 0. The minimum atomic E-state index is 0.301. The van der Waals surface area contributed by atoms with Gasteiger partial charge in [0.25, 0.3) is 0 Å². The first-order valence-electron chi connectivity index (χ1n) is 5.25. The van der Waals surface area contributed by atoms with E-state index in [1.165, 1.54) is 12.8 Å². The molecular formula is C11H21NO. The molecule has 0 aromatic carbocycles. The van der Waals surface area contributed by atoms with E-state index in [0.717, 1.165) is 6.42 Å². The van der Waals surface area contributed by atoms with Crippen LogP contribution in [0.4, 0.5) is 0 Å². The Labute approximate surface area is 81.3 Å². The van der Waals surface area contributed by atoms with Gasteiger partial charge in [-0.05, 0) is 24.7 Å². The number of nitrogens with zero attached hydrogens (tertiary/aromatic N) is 1. The van der Waals surface area contributed by atoms with Crippen LogP contribution in [0.5, 0.6) is 0 Å². The minimum absolute atomic E-state index is 0.301. The first-order chi connectivity index (χ1) is 6.04. The van der Waals surface area contributed by atoms with Crippen LogP contribution in [0.2, 0.25) is 0 Å². The molecule has 0 saturated heterocycles. The molecule has 0 radical (unpaired) electrons.